The van der Waals surface area contributed by atoms with Crippen LogP contribution < -0.4 is 14.8 Å². The standard InChI is InChI=1S/C15H20N2O3S/c1-16-21(18,19)10-9-17-11-12-7-8-15(20-2)14-6-4-3-5-13(12)14/h3-8,16-17H,9-11H2,1-2H3. The van der Waals surface area contributed by atoms with Gasteiger partial charge in [-0.15, -0.1) is 0 Å². The lowest BCUT2D eigenvalue weighted by Gasteiger charge is -2.11. The molecule has 0 atom stereocenters. The lowest BCUT2D eigenvalue weighted by atomic mass is 10.0. The largest absolute Gasteiger partial charge is 0.496 e. The Morgan fingerprint density at radius 2 is 1.81 bits per heavy atom. The van der Waals surface area contributed by atoms with Gasteiger partial charge in [0, 0.05) is 18.5 Å². The van der Waals surface area contributed by atoms with E-state index in [1.54, 1.807) is 7.11 Å². The Bertz CT molecular complexity index is 714. The molecular weight excluding hydrogens is 288 g/mol. The minimum absolute atomic E-state index is 0.0671. The molecule has 21 heavy (non-hydrogen) atoms. The zero-order valence-electron chi connectivity index (χ0n) is 12.2. The summed E-state index contributed by atoms with van der Waals surface area (Å²) in [5.41, 5.74) is 1.12. The molecule has 0 aliphatic rings. The van der Waals surface area contributed by atoms with Crippen LogP contribution in [0.15, 0.2) is 36.4 Å². The average molecular weight is 308 g/mol. The van der Waals surface area contributed by atoms with Crippen LogP contribution in [0.25, 0.3) is 10.8 Å². The monoisotopic (exact) mass is 308 g/mol. The zero-order chi connectivity index (χ0) is 15.3. The summed E-state index contributed by atoms with van der Waals surface area (Å²) >= 11 is 0. The first-order chi connectivity index (χ1) is 10.1. The van der Waals surface area contributed by atoms with Crippen LogP contribution >= 0.6 is 0 Å². The second-order valence-electron chi connectivity index (χ2n) is 4.67. The predicted octanol–water partition coefficient (Wildman–Crippen LogP) is 1.49. The Balaban J connectivity index is 2.09. The summed E-state index contributed by atoms with van der Waals surface area (Å²) < 4.78 is 30.3. The van der Waals surface area contributed by atoms with Crippen LogP contribution in [0.1, 0.15) is 5.56 Å². The van der Waals surface area contributed by atoms with Gasteiger partial charge < -0.3 is 10.1 Å². The number of methoxy groups -OCH3 is 1. The second kappa shape index (κ2) is 6.89. The third kappa shape index (κ3) is 3.93. The van der Waals surface area contributed by atoms with E-state index in [9.17, 15) is 8.42 Å². The first kappa shape index (κ1) is 15.8. The third-order valence-corrected chi connectivity index (χ3v) is 4.73. The first-order valence-electron chi connectivity index (χ1n) is 6.74. The summed E-state index contributed by atoms with van der Waals surface area (Å²) in [4.78, 5) is 0. The molecule has 2 aromatic rings. The Hall–Kier alpha value is -1.63. The van der Waals surface area contributed by atoms with Gasteiger partial charge in [0.2, 0.25) is 10.0 Å². The lowest BCUT2D eigenvalue weighted by molar-refractivity contribution is 0.419. The van der Waals surface area contributed by atoms with E-state index in [1.807, 2.05) is 36.4 Å². The molecular formula is C15H20N2O3S. The summed E-state index contributed by atoms with van der Waals surface area (Å²) in [7, 11) is -0.0816. The predicted molar refractivity (Wildman–Crippen MR) is 85.1 cm³/mol. The fourth-order valence-electron chi connectivity index (χ4n) is 2.20. The highest BCUT2D eigenvalue weighted by molar-refractivity contribution is 7.89. The molecule has 0 aliphatic heterocycles. The van der Waals surface area contributed by atoms with E-state index in [-0.39, 0.29) is 5.75 Å². The van der Waals surface area contributed by atoms with Gasteiger partial charge in [-0.1, -0.05) is 30.3 Å². The minimum atomic E-state index is -3.16. The topological polar surface area (TPSA) is 67.4 Å². The average Bonchev–Trinajstić information content (AvgIpc) is 2.51. The SMILES string of the molecule is CNS(=O)(=O)CCNCc1ccc(OC)c2ccccc12. The second-order valence-corrected chi connectivity index (χ2v) is 6.72. The number of sulfonamides is 1. The molecule has 0 spiro atoms. The highest BCUT2D eigenvalue weighted by Gasteiger charge is 2.08. The van der Waals surface area contributed by atoms with Gasteiger partial charge in [0.05, 0.1) is 12.9 Å². The van der Waals surface area contributed by atoms with Crippen LogP contribution in [-0.2, 0) is 16.6 Å². The van der Waals surface area contributed by atoms with Gasteiger partial charge in [0.15, 0.2) is 0 Å². The van der Waals surface area contributed by atoms with Gasteiger partial charge >= 0.3 is 0 Å². The number of fused-ring (bicyclic) bond motifs is 1. The maximum atomic E-state index is 11.3. The van der Waals surface area contributed by atoms with Crippen molar-refractivity contribution in [2.24, 2.45) is 0 Å². The van der Waals surface area contributed by atoms with Gasteiger partial charge in [0.25, 0.3) is 0 Å². The molecule has 0 heterocycles. The van der Waals surface area contributed by atoms with Crippen molar-refractivity contribution in [1.29, 1.82) is 0 Å². The maximum Gasteiger partial charge on any atom is 0.212 e. The van der Waals surface area contributed by atoms with E-state index < -0.39 is 10.0 Å². The van der Waals surface area contributed by atoms with Gasteiger partial charge in [-0.3, -0.25) is 0 Å². The highest BCUT2D eigenvalue weighted by atomic mass is 32.2. The molecule has 0 fully saturated rings. The van der Waals surface area contributed by atoms with Crippen LogP contribution in [0.3, 0.4) is 0 Å². The van der Waals surface area contributed by atoms with Crippen LogP contribution in [0, 0.1) is 0 Å². The van der Waals surface area contributed by atoms with Gasteiger partial charge in [-0.05, 0) is 24.1 Å². The summed E-state index contributed by atoms with van der Waals surface area (Å²) in [6.45, 7) is 1.02. The number of ether oxygens (including phenoxy) is 1. The van der Waals surface area contributed by atoms with E-state index >= 15 is 0 Å². The Morgan fingerprint density at radius 1 is 1.10 bits per heavy atom. The molecule has 114 valence electrons. The molecule has 0 aliphatic carbocycles. The van der Waals surface area contributed by atoms with E-state index in [0.717, 1.165) is 22.1 Å². The molecule has 2 N–H and O–H groups in total. The van der Waals surface area contributed by atoms with Crippen LogP contribution in [0.2, 0.25) is 0 Å². The summed E-state index contributed by atoms with van der Waals surface area (Å²) in [5.74, 6) is 0.907. The number of rotatable bonds is 7. The number of nitrogens with one attached hydrogen (secondary N) is 2. The van der Waals surface area contributed by atoms with Crippen molar-refractivity contribution in [1.82, 2.24) is 10.0 Å². The highest BCUT2D eigenvalue weighted by Crippen LogP contribution is 2.28. The summed E-state index contributed by atoms with van der Waals surface area (Å²) in [6.07, 6.45) is 0. The van der Waals surface area contributed by atoms with Crippen LogP contribution in [0.5, 0.6) is 5.75 Å². The molecule has 2 rings (SSSR count). The number of benzene rings is 2. The zero-order valence-corrected chi connectivity index (χ0v) is 13.0. The molecule has 5 nitrogen and oxygen atoms in total. The fraction of sp³-hybridized carbons (Fsp3) is 0.333. The van der Waals surface area contributed by atoms with Crippen molar-refractivity contribution in [2.75, 3.05) is 26.5 Å². The van der Waals surface area contributed by atoms with Crippen LogP contribution in [-0.4, -0.2) is 34.9 Å². The first-order valence-corrected chi connectivity index (χ1v) is 8.39. The van der Waals surface area contributed by atoms with E-state index in [1.165, 1.54) is 7.05 Å². The Labute approximate surface area is 125 Å². The van der Waals surface area contributed by atoms with Crippen molar-refractivity contribution < 1.29 is 13.2 Å². The molecule has 0 amide bonds. The Kier molecular flexibility index (Phi) is 5.17. The normalized spacial score (nSPS) is 11.7. The van der Waals surface area contributed by atoms with Crippen molar-refractivity contribution in [3.8, 4) is 5.75 Å². The molecule has 0 saturated heterocycles. The molecule has 0 unspecified atom stereocenters. The molecule has 0 bridgehead atoms. The molecule has 6 heteroatoms. The molecule has 0 radical (unpaired) electrons. The van der Waals surface area contributed by atoms with E-state index in [0.29, 0.717) is 13.1 Å². The van der Waals surface area contributed by atoms with Gasteiger partial charge in [-0.2, -0.15) is 0 Å². The van der Waals surface area contributed by atoms with Crippen molar-refractivity contribution in [3.05, 3.63) is 42.0 Å². The number of hydrogen-bond donors (Lipinski definition) is 2. The van der Waals surface area contributed by atoms with Crippen molar-refractivity contribution in [3.63, 3.8) is 0 Å². The van der Waals surface area contributed by atoms with Gasteiger partial charge in [-0.25, -0.2) is 13.1 Å². The van der Waals surface area contributed by atoms with Crippen LogP contribution in [0.4, 0.5) is 0 Å². The molecule has 0 saturated carbocycles. The number of hydrogen-bond acceptors (Lipinski definition) is 4. The molecule has 0 aromatic heterocycles. The summed E-state index contributed by atoms with van der Waals surface area (Å²) in [6, 6.07) is 11.9. The van der Waals surface area contributed by atoms with E-state index in [2.05, 4.69) is 10.0 Å². The smallest absolute Gasteiger partial charge is 0.212 e. The minimum Gasteiger partial charge on any atom is -0.496 e. The fourth-order valence-corrected chi connectivity index (χ4v) is 2.81. The van der Waals surface area contributed by atoms with Crippen molar-refractivity contribution >= 4 is 20.8 Å². The van der Waals surface area contributed by atoms with Gasteiger partial charge in [0.1, 0.15) is 5.75 Å². The quantitative estimate of drug-likeness (QED) is 0.761. The summed E-state index contributed by atoms with van der Waals surface area (Å²) in [5, 5.41) is 5.33. The van der Waals surface area contributed by atoms with E-state index in [4.69, 9.17) is 4.74 Å². The lowest BCUT2D eigenvalue weighted by Crippen LogP contribution is -2.29. The third-order valence-electron chi connectivity index (χ3n) is 3.37. The Morgan fingerprint density at radius 3 is 2.48 bits per heavy atom. The van der Waals surface area contributed by atoms with Crippen molar-refractivity contribution in [2.45, 2.75) is 6.54 Å². The molecule has 2 aromatic carbocycles. The maximum absolute atomic E-state index is 11.3.